The summed E-state index contributed by atoms with van der Waals surface area (Å²) >= 11 is 0. The fourth-order valence-corrected chi connectivity index (χ4v) is 5.16. The summed E-state index contributed by atoms with van der Waals surface area (Å²) in [7, 11) is -1.16. The number of piperidine rings is 1. The van der Waals surface area contributed by atoms with Crippen molar-refractivity contribution in [3.8, 4) is 11.1 Å². The second kappa shape index (κ2) is 10.6. The van der Waals surface area contributed by atoms with E-state index in [9.17, 15) is 4.79 Å². The monoisotopic (exact) mass is 481 g/mol. The number of nitrogens with zero attached hydrogens (tertiary/aromatic N) is 5. The van der Waals surface area contributed by atoms with E-state index in [4.69, 9.17) is 14.5 Å². The smallest absolute Gasteiger partial charge is 0.310 e. The fraction of sp³-hybridized carbons (Fsp3) is 0.520. The predicted octanol–water partition coefficient (Wildman–Crippen LogP) is 4.59. The summed E-state index contributed by atoms with van der Waals surface area (Å²) in [6, 6.07) is 3.16. The molecule has 1 atom stereocenters. The third-order valence-electron chi connectivity index (χ3n) is 6.22. The molecule has 1 aliphatic rings. The van der Waals surface area contributed by atoms with Gasteiger partial charge < -0.3 is 18.9 Å². The number of pyridine rings is 1. The number of carbonyl (C=O) groups is 1. The summed E-state index contributed by atoms with van der Waals surface area (Å²) < 4.78 is 13.4. The quantitative estimate of drug-likeness (QED) is 0.251. The van der Waals surface area contributed by atoms with Crippen LogP contribution in [-0.4, -0.2) is 59.9 Å². The van der Waals surface area contributed by atoms with Crippen LogP contribution in [0.2, 0.25) is 25.7 Å². The molecule has 1 unspecified atom stereocenters. The van der Waals surface area contributed by atoms with Crippen LogP contribution in [0.1, 0.15) is 19.8 Å². The second-order valence-electron chi connectivity index (χ2n) is 10.1. The number of aromatic nitrogens is 4. The number of fused-ring (bicyclic) bond motifs is 1. The van der Waals surface area contributed by atoms with Gasteiger partial charge in [-0.2, -0.15) is 0 Å². The molecular formula is C25H35N5O3Si. The minimum absolute atomic E-state index is 0.109. The van der Waals surface area contributed by atoms with Gasteiger partial charge in [0.2, 0.25) is 0 Å². The first-order chi connectivity index (χ1) is 16.4. The number of hydrogen-bond acceptors (Lipinski definition) is 7. The van der Waals surface area contributed by atoms with Crippen molar-refractivity contribution >= 4 is 30.8 Å². The van der Waals surface area contributed by atoms with Gasteiger partial charge in [-0.1, -0.05) is 19.6 Å². The zero-order valence-corrected chi connectivity index (χ0v) is 21.7. The van der Waals surface area contributed by atoms with E-state index in [0.29, 0.717) is 19.9 Å². The van der Waals surface area contributed by atoms with Crippen LogP contribution < -0.4 is 4.90 Å². The van der Waals surface area contributed by atoms with Crippen molar-refractivity contribution < 1.29 is 14.3 Å². The molecule has 0 aliphatic carbocycles. The summed E-state index contributed by atoms with van der Waals surface area (Å²) in [5.74, 6) is -0.227. The maximum atomic E-state index is 12.5. The molecule has 3 aromatic rings. The second-order valence-corrected chi connectivity index (χ2v) is 15.7. The SMILES string of the molecule is CCOC(=O)C1CCCN(c2ccnc3c2c(-c2cncnc2)cn3COCC[Si](C)(C)C)C1. The lowest BCUT2D eigenvalue weighted by Crippen LogP contribution is -2.39. The molecular weight excluding hydrogens is 446 g/mol. The first-order valence-corrected chi connectivity index (χ1v) is 15.8. The molecule has 0 N–H and O–H groups in total. The highest BCUT2D eigenvalue weighted by Crippen LogP contribution is 2.37. The number of hydrogen-bond donors (Lipinski definition) is 0. The van der Waals surface area contributed by atoms with E-state index < -0.39 is 8.07 Å². The van der Waals surface area contributed by atoms with Crippen LogP contribution in [-0.2, 0) is 21.0 Å². The molecule has 1 fully saturated rings. The van der Waals surface area contributed by atoms with Crippen LogP contribution in [0.5, 0.6) is 0 Å². The summed E-state index contributed by atoms with van der Waals surface area (Å²) in [6.45, 7) is 12.0. The van der Waals surface area contributed by atoms with E-state index in [1.165, 1.54) is 6.33 Å². The highest BCUT2D eigenvalue weighted by atomic mass is 28.3. The number of esters is 1. The van der Waals surface area contributed by atoms with Gasteiger partial charge in [0, 0.05) is 69.4 Å². The first kappa shape index (κ1) is 24.3. The molecule has 0 spiro atoms. The van der Waals surface area contributed by atoms with Gasteiger partial charge in [-0.15, -0.1) is 0 Å². The van der Waals surface area contributed by atoms with Crippen LogP contribution in [0.15, 0.2) is 37.2 Å². The predicted molar refractivity (Wildman–Crippen MR) is 136 cm³/mol. The Labute approximate surface area is 202 Å². The average Bonchev–Trinajstić information content (AvgIpc) is 3.21. The minimum atomic E-state index is -1.16. The Hall–Kier alpha value is -2.78. The summed E-state index contributed by atoms with van der Waals surface area (Å²) in [5.41, 5.74) is 3.88. The Balaban J connectivity index is 1.69. The maximum absolute atomic E-state index is 12.5. The fourth-order valence-electron chi connectivity index (χ4n) is 4.41. The van der Waals surface area contributed by atoms with Crippen molar-refractivity contribution in [2.75, 3.05) is 31.2 Å². The van der Waals surface area contributed by atoms with E-state index in [1.807, 2.05) is 31.6 Å². The average molecular weight is 482 g/mol. The molecule has 0 radical (unpaired) electrons. The van der Waals surface area contributed by atoms with Gasteiger partial charge in [0.15, 0.2) is 0 Å². The van der Waals surface area contributed by atoms with Crippen LogP contribution >= 0.6 is 0 Å². The highest BCUT2D eigenvalue weighted by Gasteiger charge is 2.29. The van der Waals surface area contributed by atoms with Crippen LogP contribution in [0, 0.1) is 5.92 Å². The van der Waals surface area contributed by atoms with Gasteiger partial charge >= 0.3 is 5.97 Å². The number of carbonyl (C=O) groups excluding carboxylic acids is 1. The topological polar surface area (TPSA) is 82.4 Å². The molecule has 0 aromatic carbocycles. The number of anilines is 1. The molecule has 1 aliphatic heterocycles. The molecule has 3 aromatic heterocycles. The molecule has 1 saturated heterocycles. The van der Waals surface area contributed by atoms with Crippen molar-refractivity contribution in [3.05, 3.63) is 37.2 Å². The van der Waals surface area contributed by atoms with Crippen LogP contribution in [0.25, 0.3) is 22.2 Å². The van der Waals surface area contributed by atoms with Gasteiger partial charge in [-0.05, 0) is 31.9 Å². The van der Waals surface area contributed by atoms with E-state index in [-0.39, 0.29) is 11.9 Å². The molecule has 0 saturated carbocycles. The molecule has 9 heteroatoms. The number of rotatable bonds is 9. The standard InChI is InChI=1S/C25H35N5O3Si/c1-5-33-25(31)19-7-6-10-29(15-19)22-8-9-28-24-23(22)21(20-13-26-17-27-14-20)16-30(24)18-32-11-12-34(2,3)4/h8-9,13-14,16-17,19H,5-7,10-12,15,18H2,1-4H3. The Morgan fingerprint density at radius 3 is 2.76 bits per heavy atom. The van der Waals surface area contributed by atoms with Crippen LogP contribution in [0.3, 0.4) is 0 Å². The molecule has 4 heterocycles. The van der Waals surface area contributed by atoms with Crippen molar-refractivity contribution in [1.82, 2.24) is 19.5 Å². The summed E-state index contributed by atoms with van der Waals surface area (Å²) in [6.07, 6.45) is 10.9. The van der Waals surface area contributed by atoms with Gasteiger partial charge in [0.05, 0.1) is 17.9 Å². The molecule has 0 bridgehead atoms. The van der Waals surface area contributed by atoms with E-state index >= 15 is 0 Å². The molecule has 8 nitrogen and oxygen atoms in total. The summed E-state index contributed by atoms with van der Waals surface area (Å²) in [4.78, 5) is 27.9. The van der Waals surface area contributed by atoms with Gasteiger partial charge in [0.25, 0.3) is 0 Å². The number of ether oxygens (including phenoxy) is 2. The Morgan fingerprint density at radius 1 is 1.24 bits per heavy atom. The lowest BCUT2D eigenvalue weighted by Gasteiger charge is -2.33. The highest BCUT2D eigenvalue weighted by molar-refractivity contribution is 6.76. The van der Waals surface area contributed by atoms with Crippen molar-refractivity contribution in [2.24, 2.45) is 5.92 Å². The van der Waals surface area contributed by atoms with Crippen molar-refractivity contribution in [1.29, 1.82) is 0 Å². The third kappa shape index (κ3) is 5.64. The molecule has 34 heavy (non-hydrogen) atoms. The van der Waals surface area contributed by atoms with E-state index in [1.54, 1.807) is 0 Å². The normalized spacial score (nSPS) is 16.7. The molecule has 182 valence electrons. The van der Waals surface area contributed by atoms with Gasteiger partial charge in [-0.25, -0.2) is 15.0 Å². The molecule has 4 rings (SSSR count). The maximum Gasteiger partial charge on any atom is 0.310 e. The van der Waals surface area contributed by atoms with E-state index in [2.05, 4.69) is 45.3 Å². The van der Waals surface area contributed by atoms with Crippen molar-refractivity contribution in [3.63, 3.8) is 0 Å². The van der Waals surface area contributed by atoms with Gasteiger partial charge in [-0.3, -0.25) is 4.79 Å². The zero-order valence-electron chi connectivity index (χ0n) is 20.7. The van der Waals surface area contributed by atoms with Crippen LogP contribution in [0.4, 0.5) is 5.69 Å². The third-order valence-corrected chi connectivity index (χ3v) is 7.92. The Kier molecular flexibility index (Phi) is 7.62. The lowest BCUT2D eigenvalue weighted by atomic mass is 9.97. The lowest BCUT2D eigenvalue weighted by molar-refractivity contribution is -0.148. The zero-order chi connectivity index (χ0) is 24.1. The van der Waals surface area contributed by atoms with E-state index in [0.717, 1.165) is 59.9 Å². The first-order valence-electron chi connectivity index (χ1n) is 12.1. The summed E-state index contributed by atoms with van der Waals surface area (Å²) in [5, 5.41) is 1.04. The van der Waals surface area contributed by atoms with Crippen molar-refractivity contribution in [2.45, 2.75) is 52.2 Å². The Morgan fingerprint density at radius 2 is 2.03 bits per heavy atom. The largest absolute Gasteiger partial charge is 0.466 e. The van der Waals surface area contributed by atoms with Gasteiger partial charge in [0.1, 0.15) is 18.7 Å². The molecule has 0 amide bonds. The minimum Gasteiger partial charge on any atom is -0.466 e. The Bertz CT molecular complexity index is 1110.